The van der Waals surface area contributed by atoms with Gasteiger partial charge in [0, 0.05) is 0 Å². The van der Waals surface area contributed by atoms with Crippen LogP contribution in [0.4, 0.5) is 0 Å². The largest absolute Gasteiger partial charge is 1.00 e. The van der Waals surface area contributed by atoms with E-state index in [4.69, 9.17) is 0 Å². The zero-order valence-corrected chi connectivity index (χ0v) is 8.90. The molecule has 10 heavy (non-hydrogen) atoms. The molecule has 0 saturated heterocycles. The number of rotatable bonds is 0. The molecular weight excluding hydrogens is 151 g/mol. The molecule has 0 fully saturated rings. The Morgan fingerprint density at radius 2 is 2.00 bits per heavy atom. The van der Waals surface area contributed by atoms with Gasteiger partial charge in [-0.3, -0.25) is 0 Å². The molecule has 1 heterocycles. The van der Waals surface area contributed by atoms with Crippen molar-refractivity contribution in [2.24, 2.45) is 0 Å². The molecule has 1 aromatic carbocycles. The van der Waals surface area contributed by atoms with E-state index in [2.05, 4.69) is 9.97 Å². The Kier molecular flexibility index (Phi) is 3.07. The van der Waals surface area contributed by atoms with Crippen LogP contribution in [-0.2, 0) is 0 Å². The number of imidazole rings is 1. The minimum absolute atomic E-state index is 0. The van der Waals surface area contributed by atoms with Crippen LogP contribution in [0, 0.1) is 0 Å². The molecule has 0 spiro atoms. The van der Waals surface area contributed by atoms with E-state index in [0.717, 1.165) is 11.0 Å². The van der Waals surface area contributed by atoms with Crippen molar-refractivity contribution in [3.63, 3.8) is 0 Å². The van der Waals surface area contributed by atoms with Crippen LogP contribution in [-0.4, -0.2) is 4.98 Å². The average Bonchev–Trinajstić information content (AvgIpc) is 2.33. The van der Waals surface area contributed by atoms with E-state index in [9.17, 15) is 0 Å². The standard InChI is InChI=1S/C7H5N2.K/c1-2-4-7-6(3-1)8-5-9-7;/h1-5H;/q-1;+1. The van der Waals surface area contributed by atoms with Crippen LogP contribution in [0.2, 0.25) is 0 Å². The molecule has 0 atom stereocenters. The van der Waals surface area contributed by atoms with E-state index < -0.39 is 0 Å². The van der Waals surface area contributed by atoms with E-state index in [-0.39, 0.29) is 51.4 Å². The number of para-hydroxylation sites is 2. The predicted molar refractivity (Wildman–Crippen MR) is 35.1 cm³/mol. The number of fused-ring (bicyclic) bond motifs is 1. The van der Waals surface area contributed by atoms with Crippen LogP contribution < -0.4 is 56.4 Å². The van der Waals surface area contributed by atoms with E-state index in [1.165, 1.54) is 0 Å². The van der Waals surface area contributed by atoms with Crippen LogP contribution in [0.1, 0.15) is 0 Å². The van der Waals surface area contributed by atoms with E-state index in [0.29, 0.717) is 0 Å². The third-order valence-corrected chi connectivity index (χ3v) is 1.28. The Morgan fingerprint density at radius 3 is 2.80 bits per heavy atom. The van der Waals surface area contributed by atoms with Crippen molar-refractivity contribution in [3.05, 3.63) is 30.6 Å². The fraction of sp³-hybridized carbons (Fsp3) is 0. The van der Waals surface area contributed by atoms with Gasteiger partial charge in [-0.1, -0.05) is 30.6 Å². The van der Waals surface area contributed by atoms with Gasteiger partial charge >= 0.3 is 51.4 Å². The zero-order valence-electron chi connectivity index (χ0n) is 5.78. The molecule has 44 valence electrons. The summed E-state index contributed by atoms with van der Waals surface area (Å²) in [6.07, 6.45) is 1.57. The van der Waals surface area contributed by atoms with Crippen molar-refractivity contribution >= 4 is 11.0 Å². The number of nitrogens with zero attached hydrogens (tertiary/aromatic N) is 2. The first-order valence-electron chi connectivity index (χ1n) is 2.79. The SMILES string of the molecule is [K+].c1ccc2[n-]cnc2c1. The first-order valence-corrected chi connectivity index (χ1v) is 2.79. The maximum Gasteiger partial charge on any atom is 1.00 e. The van der Waals surface area contributed by atoms with Crippen LogP contribution in [0.25, 0.3) is 11.0 Å². The minimum Gasteiger partial charge on any atom is -0.443 e. The first-order chi connectivity index (χ1) is 4.47. The number of hydrogen-bond acceptors (Lipinski definition) is 1. The molecule has 0 aliphatic carbocycles. The van der Waals surface area contributed by atoms with Gasteiger partial charge in [-0.05, 0) is 11.0 Å². The molecule has 0 bridgehead atoms. The second-order valence-corrected chi connectivity index (χ2v) is 1.86. The van der Waals surface area contributed by atoms with Crippen LogP contribution >= 0.6 is 0 Å². The van der Waals surface area contributed by atoms with Crippen molar-refractivity contribution in [1.29, 1.82) is 0 Å². The van der Waals surface area contributed by atoms with Gasteiger partial charge in [0.25, 0.3) is 0 Å². The number of aromatic nitrogens is 2. The van der Waals surface area contributed by atoms with E-state index in [1.54, 1.807) is 6.33 Å². The maximum absolute atomic E-state index is 4.01. The van der Waals surface area contributed by atoms with Crippen molar-refractivity contribution in [1.82, 2.24) is 9.97 Å². The normalized spacial score (nSPS) is 9.20. The first kappa shape index (κ1) is 8.42. The summed E-state index contributed by atoms with van der Waals surface area (Å²) in [6, 6.07) is 7.80. The molecule has 0 N–H and O–H groups in total. The summed E-state index contributed by atoms with van der Waals surface area (Å²) in [6.45, 7) is 0. The quantitative estimate of drug-likeness (QED) is 0.421. The van der Waals surface area contributed by atoms with Crippen molar-refractivity contribution in [2.45, 2.75) is 0 Å². The Bertz CT molecular complexity index is 286. The summed E-state index contributed by atoms with van der Waals surface area (Å²) in [5, 5.41) is 0. The Morgan fingerprint density at radius 1 is 1.20 bits per heavy atom. The molecule has 3 heteroatoms. The van der Waals surface area contributed by atoms with Gasteiger partial charge in [0.15, 0.2) is 0 Å². The molecular formula is C7H5KN2. The smallest absolute Gasteiger partial charge is 0.443 e. The predicted octanol–water partition coefficient (Wildman–Crippen LogP) is -1.80. The summed E-state index contributed by atoms with van der Waals surface area (Å²) in [4.78, 5) is 8.02. The molecule has 2 aromatic rings. The second kappa shape index (κ2) is 3.64. The second-order valence-electron chi connectivity index (χ2n) is 1.86. The summed E-state index contributed by atoms with van der Waals surface area (Å²) in [5.41, 5.74) is 1.94. The molecule has 0 saturated carbocycles. The summed E-state index contributed by atoms with van der Waals surface area (Å²) in [7, 11) is 0. The third-order valence-electron chi connectivity index (χ3n) is 1.28. The van der Waals surface area contributed by atoms with Crippen molar-refractivity contribution in [2.75, 3.05) is 0 Å². The summed E-state index contributed by atoms with van der Waals surface area (Å²) >= 11 is 0. The fourth-order valence-corrected chi connectivity index (χ4v) is 0.836. The van der Waals surface area contributed by atoms with Gasteiger partial charge < -0.3 is 9.97 Å². The monoisotopic (exact) mass is 156 g/mol. The summed E-state index contributed by atoms with van der Waals surface area (Å²) < 4.78 is 0. The number of hydrogen-bond donors (Lipinski definition) is 0. The molecule has 0 radical (unpaired) electrons. The van der Waals surface area contributed by atoms with Gasteiger partial charge in [0.2, 0.25) is 0 Å². The fourth-order valence-electron chi connectivity index (χ4n) is 0.836. The summed E-state index contributed by atoms with van der Waals surface area (Å²) in [5.74, 6) is 0. The van der Waals surface area contributed by atoms with Crippen LogP contribution in [0.3, 0.4) is 0 Å². The van der Waals surface area contributed by atoms with E-state index >= 15 is 0 Å². The van der Waals surface area contributed by atoms with Gasteiger partial charge in [-0.15, -0.1) is 0 Å². The van der Waals surface area contributed by atoms with E-state index in [1.807, 2.05) is 24.3 Å². The molecule has 2 rings (SSSR count). The Labute approximate surface area is 101 Å². The molecule has 2 nitrogen and oxygen atoms in total. The maximum atomic E-state index is 4.01. The van der Waals surface area contributed by atoms with Crippen LogP contribution in [0.15, 0.2) is 30.6 Å². The minimum atomic E-state index is 0. The van der Waals surface area contributed by atoms with Gasteiger partial charge in [0.05, 0.1) is 0 Å². The Balaban J connectivity index is 0.000000500. The van der Waals surface area contributed by atoms with Gasteiger partial charge in [-0.25, -0.2) is 0 Å². The van der Waals surface area contributed by atoms with Crippen molar-refractivity contribution < 1.29 is 51.4 Å². The molecule has 0 aliphatic rings. The topological polar surface area (TPSA) is 27.0 Å². The third kappa shape index (κ3) is 1.49. The van der Waals surface area contributed by atoms with Crippen molar-refractivity contribution in [3.8, 4) is 0 Å². The molecule has 0 amide bonds. The average molecular weight is 156 g/mol. The van der Waals surface area contributed by atoms with Gasteiger partial charge in [0.1, 0.15) is 0 Å². The van der Waals surface area contributed by atoms with Crippen LogP contribution in [0.5, 0.6) is 0 Å². The molecule has 0 unspecified atom stereocenters. The Hall–Kier alpha value is 0.326. The van der Waals surface area contributed by atoms with Gasteiger partial charge in [-0.2, -0.15) is 0 Å². The number of benzene rings is 1. The molecule has 1 aromatic heterocycles. The zero-order chi connectivity index (χ0) is 6.10. The molecule has 0 aliphatic heterocycles.